The number of amides is 1. The summed E-state index contributed by atoms with van der Waals surface area (Å²) in [6, 6.07) is 4.03. The maximum atomic E-state index is 13.2. The molecule has 0 unspecified atom stereocenters. The Kier molecular flexibility index (Phi) is 6.10. The Morgan fingerprint density at radius 1 is 1.33 bits per heavy atom. The van der Waals surface area contributed by atoms with E-state index < -0.39 is 5.82 Å². The average Bonchev–Trinajstić information content (AvgIpc) is 2.34. The zero-order valence-electron chi connectivity index (χ0n) is 10.5. The quantitative estimate of drug-likeness (QED) is 0.715. The Morgan fingerprint density at radius 3 is 2.78 bits per heavy atom. The van der Waals surface area contributed by atoms with E-state index in [0.29, 0.717) is 24.6 Å². The number of halogens is 1. The molecule has 1 amide bonds. The van der Waals surface area contributed by atoms with E-state index in [-0.39, 0.29) is 12.5 Å². The molecule has 1 aromatic rings. The maximum absolute atomic E-state index is 13.2. The van der Waals surface area contributed by atoms with Crippen molar-refractivity contribution in [3.8, 4) is 5.75 Å². The van der Waals surface area contributed by atoms with Gasteiger partial charge in [0, 0.05) is 31.5 Å². The van der Waals surface area contributed by atoms with Crippen LogP contribution in [0.4, 0.5) is 10.1 Å². The maximum Gasteiger partial charge on any atom is 0.238 e. The number of ether oxygens (including phenoxy) is 2. The van der Waals surface area contributed by atoms with Crippen molar-refractivity contribution in [2.45, 2.75) is 0 Å². The number of anilines is 1. The predicted octanol–water partition coefficient (Wildman–Crippen LogP) is 1.01. The van der Waals surface area contributed by atoms with Crippen LogP contribution in [0.3, 0.4) is 0 Å². The summed E-state index contributed by atoms with van der Waals surface area (Å²) in [5.74, 6) is -0.353. The third kappa shape index (κ3) is 5.11. The number of nitrogens with one attached hydrogen (secondary N) is 2. The number of hydrogen-bond donors (Lipinski definition) is 2. The Bertz CT molecular complexity index is 399. The zero-order chi connectivity index (χ0) is 13.4. The van der Waals surface area contributed by atoms with Gasteiger partial charge in [-0.1, -0.05) is 0 Å². The van der Waals surface area contributed by atoms with Crippen molar-refractivity contribution in [2.75, 3.05) is 39.2 Å². The second-order valence-corrected chi connectivity index (χ2v) is 3.60. The van der Waals surface area contributed by atoms with Gasteiger partial charge in [0.25, 0.3) is 0 Å². The molecule has 18 heavy (non-hydrogen) atoms. The van der Waals surface area contributed by atoms with Gasteiger partial charge >= 0.3 is 0 Å². The number of hydrogen-bond acceptors (Lipinski definition) is 4. The molecular formula is C12H17FN2O3. The molecular weight excluding hydrogens is 239 g/mol. The van der Waals surface area contributed by atoms with Crippen LogP contribution in [0.15, 0.2) is 18.2 Å². The molecule has 6 heteroatoms. The molecule has 100 valence electrons. The zero-order valence-corrected chi connectivity index (χ0v) is 10.5. The van der Waals surface area contributed by atoms with Gasteiger partial charge in [-0.25, -0.2) is 4.39 Å². The van der Waals surface area contributed by atoms with Crippen molar-refractivity contribution < 1.29 is 18.7 Å². The minimum absolute atomic E-state index is 0.141. The van der Waals surface area contributed by atoms with Gasteiger partial charge in [0.2, 0.25) is 5.91 Å². The van der Waals surface area contributed by atoms with Crippen LogP contribution in [-0.2, 0) is 9.53 Å². The third-order valence-electron chi connectivity index (χ3n) is 2.16. The third-order valence-corrected chi connectivity index (χ3v) is 2.16. The van der Waals surface area contributed by atoms with Crippen LogP contribution < -0.4 is 15.4 Å². The number of carbonyl (C=O) groups excluding carboxylic acids is 1. The van der Waals surface area contributed by atoms with Crippen molar-refractivity contribution >= 4 is 11.6 Å². The van der Waals surface area contributed by atoms with Crippen molar-refractivity contribution in [1.82, 2.24) is 5.32 Å². The molecule has 0 aliphatic rings. The first-order valence-corrected chi connectivity index (χ1v) is 5.50. The monoisotopic (exact) mass is 256 g/mol. The second kappa shape index (κ2) is 7.62. The van der Waals surface area contributed by atoms with E-state index >= 15 is 0 Å². The van der Waals surface area contributed by atoms with Crippen LogP contribution in [0.1, 0.15) is 0 Å². The Balaban J connectivity index is 2.46. The van der Waals surface area contributed by atoms with Gasteiger partial charge in [-0.05, 0) is 6.07 Å². The number of methoxy groups -OCH3 is 2. The molecule has 0 aromatic heterocycles. The molecule has 0 fully saturated rings. The first kappa shape index (κ1) is 14.4. The minimum Gasteiger partial charge on any atom is -0.497 e. The van der Waals surface area contributed by atoms with Gasteiger partial charge in [-0.2, -0.15) is 0 Å². The van der Waals surface area contributed by atoms with Gasteiger partial charge in [0.05, 0.1) is 20.3 Å². The normalized spacial score (nSPS) is 10.2. The first-order chi connectivity index (χ1) is 8.65. The van der Waals surface area contributed by atoms with E-state index in [2.05, 4.69) is 10.6 Å². The number of benzene rings is 1. The molecule has 5 nitrogen and oxygen atoms in total. The SMILES string of the molecule is COCCNCC(=O)Nc1cc(F)cc(OC)c1. The highest BCUT2D eigenvalue weighted by atomic mass is 19.1. The Morgan fingerprint density at radius 2 is 2.11 bits per heavy atom. The lowest BCUT2D eigenvalue weighted by molar-refractivity contribution is -0.115. The van der Waals surface area contributed by atoms with Gasteiger partial charge in [-0.15, -0.1) is 0 Å². The van der Waals surface area contributed by atoms with Crippen LogP contribution in [-0.4, -0.2) is 39.8 Å². The molecule has 0 saturated carbocycles. The number of rotatable bonds is 7. The topological polar surface area (TPSA) is 59.6 Å². The molecule has 0 atom stereocenters. The summed E-state index contributed by atoms with van der Waals surface area (Å²) in [7, 11) is 3.02. The molecule has 2 N–H and O–H groups in total. The van der Waals surface area contributed by atoms with Gasteiger partial charge in [0.1, 0.15) is 11.6 Å². The molecule has 1 aromatic carbocycles. The van der Waals surface area contributed by atoms with Crippen LogP contribution >= 0.6 is 0 Å². The first-order valence-electron chi connectivity index (χ1n) is 5.50. The van der Waals surface area contributed by atoms with Gasteiger partial charge in [0.15, 0.2) is 0 Å². The van der Waals surface area contributed by atoms with E-state index in [4.69, 9.17) is 9.47 Å². The molecule has 1 rings (SSSR count). The van der Waals surface area contributed by atoms with Crippen molar-refractivity contribution in [1.29, 1.82) is 0 Å². The predicted molar refractivity (Wildman–Crippen MR) is 66.3 cm³/mol. The fourth-order valence-corrected chi connectivity index (χ4v) is 1.33. The van der Waals surface area contributed by atoms with Gasteiger partial charge in [-0.3, -0.25) is 4.79 Å². The highest BCUT2D eigenvalue weighted by Gasteiger charge is 2.05. The van der Waals surface area contributed by atoms with E-state index in [1.807, 2.05) is 0 Å². The van der Waals surface area contributed by atoms with Crippen LogP contribution in [0.25, 0.3) is 0 Å². The molecule has 0 spiro atoms. The summed E-state index contributed by atoms with van der Waals surface area (Å²) in [6.45, 7) is 1.25. The standard InChI is InChI=1S/C12H17FN2O3/c1-17-4-3-14-8-12(16)15-10-5-9(13)6-11(7-10)18-2/h5-7,14H,3-4,8H2,1-2H3,(H,15,16). The van der Waals surface area contributed by atoms with Crippen LogP contribution in [0.5, 0.6) is 5.75 Å². The van der Waals surface area contributed by atoms with E-state index in [0.717, 1.165) is 0 Å². The smallest absolute Gasteiger partial charge is 0.238 e. The van der Waals surface area contributed by atoms with Crippen molar-refractivity contribution in [3.63, 3.8) is 0 Å². The lowest BCUT2D eigenvalue weighted by atomic mass is 10.3. The second-order valence-electron chi connectivity index (χ2n) is 3.60. The van der Waals surface area contributed by atoms with Crippen LogP contribution in [0, 0.1) is 5.82 Å². The lowest BCUT2D eigenvalue weighted by Gasteiger charge is -2.08. The lowest BCUT2D eigenvalue weighted by Crippen LogP contribution is -2.30. The summed E-state index contributed by atoms with van der Waals surface area (Å²) in [4.78, 5) is 11.5. The summed E-state index contributed by atoms with van der Waals surface area (Å²) in [5.41, 5.74) is 0.366. The molecule has 0 aliphatic heterocycles. The number of carbonyl (C=O) groups is 1. The van der Waals surface area contributed by atoms with Crippen LogP contribution in [0.2, 0.25) is 0 Å². The van der Waals surface area contributed by atoms with Crippen molar-refractivity contribution in [3.05, 3.63) is 24.0 Å². The largest absolute Gasteiger partial charge is 0.497 e. The Hall–Kier alpha value is -1.66. The summed E-state index contributed by atoms with van der Waals surface area (Å²) < 4.78 is 22.9. The van der Waals surface area contributed by atoms with E-state index in [1.54, 1.807) is 13.2 Å². The summed E-state index contributed by atoms with van der Waals surface area (Å²) in [6.07, 6.45) is 0. The Labute approximate surface area is 105 Å². The van der Waals surface area contributed by atoms with Gasteiger partial charge < -0.3 is 20.1 Å². The fourth-order valence-electron chi connectivity index (χ4n) is 1.33. The van der Waals surface area contributed by atoms with Crippen molar-refractivity contribution in [2.24, 2.45) is 0 Å². The fraction of sp³-hybridized carbons (Fsp3) is 0.417. The summed E-state index contributed by atoms with van der Waals surface area (Å²) in [5, 5.41) is 5.46. The molecule has 0 bridgehead atoms. The molecule has 0 saturated heterocycles. The highest BCUT2D eigenvalue weighted by molar-refractivity contribution is 5.92. The van der Waals surface area contributed by atoms with E-state index in [9.17, 15) is 9.18 Å². The average molecular weight is 256 g/mol. The van der Waals surface area contributed by atoms with E-state index in [1.165, 1.54) is 19.2 Å². The molecule has 0 heterocycles. The highest BCUT2D eigenvalue weighted by Crippen LogP contribution is 2.19. The molecule has 0 radical (unpaired) electrons. The summed E-state index contributed by atoms with van der Waals surface area (Å²) >= 11 is 0. The minimum atomic E-state index is -0.461. The molecule has 0 aliphatic carbocycles.